The zero-order valence-corrected chi connectivity index (χ0v) is 10.9. The minimum atomic E-state index is -0.397. The predicted octanol–water partition coefficient (Wildman–Crippen LogP) is 0.627. The van der Waals surface area contributed by atoms with Gasteiger partial charge in [0.15, 0.2) is 0 Å². The van der Waals surface area contributed by atoms with E-state index in [1.54, 1.807) is 12.5 Å². The van der Waals surface area contributed by atoms with Crippen molar-refractivity contribution in [1.29, 1.82) is 0 Å². The van der Waals surface area contributed by atoms with Crippen molar-refractivity contribution in [2.45, 2.75) is 20.3 Å². The van der Waals surface area contributed by atoms with Crippen LogP contribution in [0.5, 0.6) is 0 Å². The molecule has 94 valence electrons. The molecule has 0 saturated heterocycles. The van der Waals surface area contributed by atoms with Crippen molar-refractivity contribution >= 4 is 23.1 Å². The van der Waals surface area contributed by atoms with E-state index in [2.05, 4.69) is 15.3 Å². The highest BCUT2D eigenvalue weighted by atomic mass is 32.1. The maximum absolute atomic E-state index is 11.9. The number of imidazole rings is 1. The summed E-state index contributed by atoms with van der Waals surface area (Å²) in [5, 5.41) is 2.83. The smallest absolute Gasteiger partial charge is 0.230 e. The number of nitrogens with two attached hydrogens (primary N) is 1. The van der Waals surface area contributed by atoms with Crippen LogP contribution < -0.4 is 11.1 Å². The molecule has 17 heavy (non-hydrogen) atoms. The van der Waals surface area contributed by atoms with Gasteiger partial charge in [0.2, 0.25) is 5.91 Å². The van der Waals surface area contributed by atoms with Crippen molar-refractivity contribution in [3.8, 4) is 0 Å². The molecule has 1 heterocycles. The normalized spacial score (nSPS) is 12.4. The first-order valence-electron chi connectivity index (χ1n) is 5.56. The number of carbonyl (C=O) groups excluding carboxylic acids is 1. The standard InChI is InChI=1S/C11H18N4OS/c1-7(2)9(10(12)17)11(16)14-4-3-8-5-13-6-15-8/h5-7,9H,3-4H2,1-2H3,(H2,12,17)(H,13,15)(H,14,16). The number of rotatable bonds is 6. The van der Waals surface area contributed by atoms with Gasteiger partial charge in [-0.25, -0.2) is 4.98 Å². The molecule has 0 saturated carbocycles. The molecule has 0 aliphatic rings. The summed E-state index contributed by atoms with van der Waals surface area (Å²) >= 11 is 4.90. The quantitative estimate of drug-likeness (QED) is 0.650. The van der Waals surface area contributed by atoms with Crippen molar-refractivity contribution in [2.24, 2.45) is 17.6 Å². The first-order chi connectivity index (χ1) is 8.02. The van der Waals surface area contributed by atoms with Crippen LogP contribution in [0.4, 0.5) is 0 Å². The average Bonchev–Trinajstić information content (AvgIpc) is 2.69. The van der Waals surface area contributed by atoms with Gasteiger partial charge < -0.3 is 16.0 Å². The lowest BCUT2D eigenvalue weighted by molar-refractivity contribution is -0.123. The fourth-order valence-corrected chi connectivity index (χ4v) is 1.99. The van der Waals surface area contributed by atoms with Gasteiger partial charge in [-0.3, -0.25) is 4.79 Å². The third-order valence-electron chi connectivity index (χ3n) is 2.50. The third kappa shape index (κ3) is 4.14. The summed E-state index contributed by atoms with van der Waals surface area (Å²) < 4.78 is 0. The molecule has 1 unspecified atom stereocenters. The van der Waals surface area contributed by atoms with Gasteiger partial charge >= 0.3 is 0 Å². The summed E-state index contributed by atoms with van der Waals surface area (Å²) in [6.07, 6.45) is 4.07. The van der Waals surface area contributed by atoms with E-state index in [1.807, 2.05) is 13.8 Å². The molecular formula is C11H18N4OS. The van der Waals surface area contributed by atoms with Crippen LogP contribution in [0.3, 0.4) is 0 Å². The Labute approximate surface area is 106 Å². The van der Waals surface area contributed by atoms with E-state index in [0.717, 1.165) is 5.69 Å². The summed E-state index contributed by atoms with van der Waals surface area (Å²) in [5.41, 5.74) is 6.55. The van der Waals surface area contributed by atoms with Crippen LogP contribution in [-0.2, 0) is 11.2 Å². The molecule has 1 rings (SSSR count). The van der Waals surface area contributed by atoms with Gasteiger partial charge in [0.25, 0.3) is 0 Å². The van der Waals surface area contributed by atoms with Crippen molar-refractivity contribution in [1.82, 2.24) is 15.3 Å². The predicted molar refractivity (Wildman–Crippen MR) is 70.4 cm³/mol. The van der Waals surface area contributed by atoms with Crippen LogP contribution in [0.15, 0.2) is 12.5 Å². The Morgan fingerprint density at radius 2 is 2.35 bits per heavy atom. The summed E-state index contributed by atoms with van der Waals surface area (Å²) in [5.74, 6) is -0.390. The van der Waals surface area contributed by atoms with E-state index in [4.69, 9.17) is 18.0 Å². The van der Waals surface area contributed by atoms with Crippen LogP contribution in [0.25, 0.3) is 0 Å². The minimum Gasteiger partial charge on any atom is -0.393 e. The number of nitrogens with one attached hydrogen (secondary N) is 2. The second-order valence-corrected chi connectivity index (χ2v) is 4.71. The van der Waals surface area contributed by atoms with E-state index in [-0.39, 0.29) is 16.8 Å². The van der Waals surface area contributed by atoms with Crippen molar-refractivity contribution in [3.05, 3.63) is 18.2 Å². The summed E-state index contributed by atoms with van der Waals surface area (Å²) in [6, 6.07) is 0. The molecule has 0 radical (unpaired) electrons. The zero-order chi connectivity index (χ0) is 12.8. The molecule has 6 heteroatoms. The molecule has 0 aliphatic carbocycles. The molecule has 4 N–H and O–H groups in total. The first kappa shape index (κ1) is 13.6. The van der Waals surface area contributed by atoms with Crippen molar-refractivity contribution < 1.29 is 4.79 Å². The van der Waals surface area contributed by atoms with Crippen LogP contribution >= 0.6 is 12.2 Å². The fraction of sp³-hybridized carbons (Fsp3) is 0.545. The Morgan fingerprint density at radius 1 is 1.65 bits per heavy atom. The Bertz CT molecular complexity index is 375. The molecule has 1 atom stereocenters. The number of hydrogen-bond acceptors (Lipinski definition) is 3. The number of aromatic nitrogens is 2. The molecule has 0 aromatic carbocycles. The largest absolute Gasteiger partial charge is 0.393 e. The molecule has 0 fully saturated rings. The van der Waals surface area contributed by atoms with Crippen molar-refractivity contribution in [3.63, 3.8) is 0 Å². The monoisotopic (exact) mass is 254 g/mol. The molecule has 0 spiro atoms. The second kappa shape index (κ2) is 6.34. The highest BCUT2D eigenvalue weighted by Gasteiger charge is 2.24. The molecule has 1 amide bonds. The highest BCUT2D eigenvalue weighted by molar-refractivity contribution is 7.80. The molecule has 5 nitrogen and oxygen atoms in total. The maximum Gasteiger partial charge on any atom is 0.230 e. The average molecular weight is 254 g/mol. The number of aromatic amines is 1. The molecule has 1 aromatic heterocycles. The summed E-state index contributed by atoms with van der Waals surface area (Å²) in [7, 11) is 0. The topological polar surface area (TPSA) is 83.8 Å². The van der Waals surface area contributed by atoms with Crippen molar-refractivity contribution in [2.75, 3.05) is 6.54 Å². The second-order valence-electron chi connectivity index (χ2n) is 4.24. The van der Waals surface area contributed by atoms with Gasteiger partial charge in [0.1, 0.15) is 0 Å². The Hall–Kier alpha value is -1.43. The number of hydrogen-bond donors (Lipinski definition) is 3. The lowest BCUT2D eigenvalue weighted by Gasteiger charge is -2.18. The van der Waals surface area contributed by atoms with Crippen LogP contribution in [0.1, 0.15) is 19.5 Å². The zero-order valence-electron chi connectivity index (χ0n) is 10.1. The van der Waals surface area contributed by atoms with E-state index >= 15 is 0 Å². The molecule has 0 aliphatic heterocycles. The van der Waals surface area contributed by atoms with Gasteiger partial charge in [-0.05, 0) is 5.92 Å². The van der Waals surface area contributed by atoms with Gasteiger partial charge in [-0.2, -0.15) is 0 Å². The van der Waals surface area contributed by atoms with Gasteiger partial charge in [-0.15, -0.1) is 0 Å². The van der Waals surface area contributed by atoms with Crippen LogP contribution in [0, 0.1) is 11.8 Å². The Morgan fingerprint density at radius 3 is 2.82 bits per heavy atom. The SMILES string of the molecule is CC(C)C(C(=O)NCCc1cnc[nH]1)C(N)=S. The lowest BCUT2D eigenvalue weighted by Crippen LogP contribution is -2.41. The molecule has 1 aromatic rings. The maximum atomic E-state index is 11.9. The number of H-pyrrole nitrogens is 1. The van der Waals surface area contributed by atoms with Gasteiger partial charge in [0, 0.05) is 24.9 Å². The summed E-state index contributed by atoms with van der Waals surface area (Å²) in [4.78, 5) is 19.0. The van der Waals surface area contributed by atoms with Crippen LogP contribution in [0.2, 0.25) is 0 Å². The number of nitrogens with zero attached hydrogens (tertiary/aromatic N) is 1. The number of amides is 1. The first-order valence-corrected chi connectivity index (χ1v) is 5.97. The van der Waals surface area contributed by atoms with E-state index in [0.29, 0.717) is 13.0 Å². The minimum absolute atomic E-state index is 0.105. The molecule has 0 bridgehead atoms. The Kier molecular flexibility index (Phi) is 5.09. The van der Waals surface area contributed by atoms with Gasteiger partial charge in [-0.1, -0.05) is 26.1 Å². The third-order valence-corrected chi connectivity index (χ3v) is 2.76. The highest BCUT2D eigenvalue weighted by Crippen LogP contribution is 2.11. The Balaban J connectivity index is 2.40. The van der Waals surface area contributed by atoms with Gasteiger partial charge in [0.05, 0.1) is 17.2 Å². The van der Waals surface area contributed by atoms with E-state index in [9.17, 15) is 4.79 Å². The summed E-state index contributed by atoms with van der Waals surface area (Å²) in [6.45, 7) is 4.41. The van der Waals surface area contributed by atoms with E-state index in [1.165, 1.54) is 0 Å². The molecular weight excluding hydrogens is 236 g/mol. The van der Waals surface area contributed by atoms with Crippen LogP contribution in [-0.4, -0.2) is 27.4 Å². The van der Waals surface area contributed by atoms with E-state index < -0.39 is 5.92 Å². The number of carbonyl (C=O) groups is 1. The lowest BCUT2D eigenvalue weighted by atomic mass is 9.95. The number of thiocarbonyl (C=S) groups is 1. The fourth-order valence-electron chi connectivity index (χ4n) is 1.61.